The zero-order valence-electron chi connectivity index (χ0n) is 12.9. The van der Waals surface area contributed by atoms with E-state index >= 15 is 0 Å². The van der Waals surface area contributed by atoms with E-state index in [-0.39, 0.29) is 0 Å². The van der Waals surface area contributed by atoms with Crippen molar-refractivity contribution >= 4 is 0 Å². The van der Waals surface area contributed by atoms with E-state index in [0.717, 1.165) is 19.0 Å². The zero-order chi connectivity index (χ0) is 13.4. The van der Waals surface area contributed by atoms with Crippen LogP contribution in [0.2, 0.25) is 0 Å². The van der Waals surface area contributed by atoms with Gasteiger partial charge in [-0.25, -0.2) is 0 Å². The van der Waals surface area contributed by atoms with Crippen LogP contribution in [0.3, 0.4) is 0 Å². The summed E-state index contributed by atoms with van der Waals surface area (Å²) in [5.74, 6) is 0. The molecule has 0 unspecified atom stereocenters. The first-order chi connectivity index (χ1) is 8.53. The van der Waals surface area contributed by atoms with Crippen LogP contribution in [0.5, 0.6) is 0 Å². The number of nitrogens with two attached hydrogens (primary N) is 1. The quantitative estimate of drug-likeness (QED) is 0.731. The first kappa shape index (κ1) is 16.0. The Labute approximate surface area is 114 Å². The fraction of sp³-hybridized carbons (Fsp3) is 1.00. The summed E-state index contributed by atoms with van der Waals surface area (Å²) in [6, 6.07) is 0.835. The Bertz CT molecular complexity index is 200. The van der Waals surface area contributed by atoms with Crippen LogP contribution in [-0.2, 0) is 0 Å². The predicted molar refractivity (Wildman–Crippen MR) is 80.8 cm³/mol. The molecule has 0 amide bonds. The molecule has 0 aromatic heterocycles. The number of hydrogen-bond acceptors (Lipinski definition) is 2. The Balaban J connectivity index is 2.46. The van der Waals surface area contributed by atoms with Crippen LogP contribution in [0.25, 0.3) is 0 Å². The smallest absolute Gasteiger partial charge is 0.00952 e. The standard InChI is InChI=1S/C16H34N2/c1-16(2,3)11-14-18(13-8-12-17)15-9-6-4-5-7-10-15/h15H,4-14,17H2,1-3H3. The lowest BCUT2D eigenvalue weighted by molar-refractivity contribution is 0.154. The summed E-state index contributed by atoms with van der Waals surface area (Å²) in [5, 5.41) is 0. The Morgan fingerprint density at radius 3 is 2.11 bits per heavy atom. The normalized spacial score (nSPS) is 19.2. The Kier molecular flexibility index (Phi) is 7.25. The summed E-state index contributed by atoms with van der Waals surface area (Å²) in [5.41, 5.74) is 6.14. The molecule has 1 rings (SSSR count). The molecule has 0 atom stereocenters. The van der Waals surface area contributed by atoms with Crippen LogP contribution >= 0.6 is 0 Å². The molecule has 1 aliphatic carbocycles. The first-order valence-corrected chi connectivity index (χ1v) is 7.97. The molecule has 1 aliphatic rings. The summed E-state index contributed by atoms with van der Waals surface area (Å²) >= 11 is 0. The van der Waals surface area contributed by atoms with E-state index in [4.69, 9.17) is 5.73 Å². The molecule has 0 spiro atoms. The minimum absolute atomic E-state index is 0.450. The minimum Gasteiger partial charge on any atom is -0.330 e. The lowest BCUT2D eigenvalue weighted by Crippen LogP contribution is -2.38. The molecule has 0 aromatic carbocycles. The van der Waals surface area contributed by atoms with Crippen molar-refractivity contribution in [3.63, 3.8) is 0 Å². The van der Waals surface area contributed by atoms with Crippen molar-refractivity contribution in [1.82, 2.24) is 4.90 Å². The molecule has 0 saturated heterocycles. The van der Waals surface area contributed by atoms with Gasteiger partial charge in [-0.2, -0.15) is 0 Å². The predicted octanol–water partition coefficient (Wildman–Crippen LogP) is 3.80. The van der Waals surface area contributed by atoms with Crippen molar-refractivity contribution < 1.29 is 0 Å². The van der Waals surface area contributed by atoms with E-state index in [1.54, 1.807) is 0 Å². The fourth-order valence-electron chi connectivity index (χ4n) is 2.87. The Morgan fingerprint density at radius 1 is 1.00 bits per heavy atom. The lowest BCUT2D eigenvalue weighted by atomic mass is 9.91. The van der Waals surface area contributed by atoms with Gasteiger partial charge in [-0.1, -0.05) is 46.5 Å². The molecular weight excluding hydrogens is 220 g/mol. The second kappa shape index (κ2) is 8.16. The highest BCUT2D eigenvalue weighted by Crippen LogP contribution is 2.25. The van der Waals surface area contributed by atoms with Crippen LogP contribution < -0.4 is 5.73 Å². The highest BCUT2D eigenvalue weighted by molar-refractivity contribution is 4.76. The molecule has 108 valence electrons. The summed E-state index contributed by atoms with van der Waals surface area (Å²) in [6.45, 7) is 10.3. The third kappa shape index (κ3) is 6.75. The average Bonchev–Trinajstić information content (AvgIpc) is 2.56. The van der Waals surface area contributed by atoms with Gasteiger partial charge in [0.25, 0.3) is 0 Å². The molecule has 18 heavy (non-hydrogen) atoms. The molecule has 0 radical (unpaired) electrons. The van der Waals surface area contributed by atoms with Gasteiger partial charge in [0.05, 0.1) is 0 Å². The van der Waals surface area contributed by atoms with Crippen molar-refractivity contribution in [3.05, 3.63) is 0 Å². The van der Waals surface area contributed by atoms with E-state index in [2.05, 4.69) is 25.7 Å². The molecule has 0 bridgehead atoms. The van der Waals surface area contributed by atoms with E-state index in [0.29, 0.717) is 5.41 Å². The topological polar surface area (TPSA) is 29.3 Å². The van der Waals surface area contributed by atoms with E-state index in [1.165, 1.54) is 58.0 Å². The average molecular weight is 254 g/mol. The maximum atomic E-state index is 5.69. The highest BCUT2D eigenvalue weighted by atomic mass is 15.1. The lowest BCUT2D eigenvalue weighted by Gasteiger charge is -2.33. The zero-order valence-corrected chi connectivity index (χ0v) is 12.9. The molecule has 0 aromatic rings. The van der Waals surface area contributed by atoms with Crippen molar-refractivity contribution in [3.8, 4) is 0 Å². The third-order valence-corrected chi connectivity index (χ3v) is 4.14. The summed E-state index contributed by atoms with van der Waals surface area (Å²) in [7, 11) is 0. The van der Waals surface area contributed by atoms with Crippen molar-refractivity contribution in [2.24, 2.45) is 11.1 Å². The monoisotopic (exact) mass is 254 g/mol. The van der Waals surface area contributed by atoms with Gasteiger partial charge in [0.1, 0.15) is 0 Å². The van der Waals surface area contributed by atoms with Crippen molar-refractivity contribution in [1.29, 1.82) is 0 Å². The summed E-state index contributed by atoms with van der Waals surface area (Å²) in [4.78, 5) is 2.74. The molecule has 1 saturated carbocycles. The Hall–Kier alpha value is -0.0800. The van der Waals surface area contributed by atoms with Gasteiger partial charge < -0.3 is 10.6 Å². The van der Waals surface area contributed by atoms with Gasteiger partial charge in [-0.3, -0.25) is 0 Å². The molecular formula is C16H34N2. The fourth-order valence-corrected chi connectivity index (χ4v) is 2.87. The minimum atomic E-state index is 0.450. The van der Waals surface area contributed by atoms with Crippen LogP contribution in [0, 0.1) is 5.41 Å². The van der Waals surface area contributed by atoms with Crippen molar-refractivity contribution in [2.45, 2.75) is 78.2 Å². The number of hydrogen-bond donors (Lipinski definition) is 1. The Morgan fingerprint density at radius 2 is 1.61 bits per heavy atom. The van der Waals surface area contributed by atoms with Crippen LogP contribution in [0.4, 0.5) is 0 Å². The summed E-state index contributed by atoms with van der Waals surface area (Å²) < 4.78 is 0. The van der Waals surface area contributed by atoms with Gasteiger partial charge in [0.2, 0.25) is 0 Å². The van der Waals surface area contributed by atoms with E-state index in [9.17, 15) is 0 Å². The molecule has 0 heterocycles. The second-order valence-corrected chi connectivity index (χ2v) is 7.13. The van der Waals surface area contributed by atoms with Gasteiger partial charge in [-0.15, -0.1) is 0 Å². The van der Waals surface area contributed by atoms with Crippen LogP contribution in [0.15, 0.2) is 0 Å². The van der Waals surface area contributed by atoms with Gasteiger partial charge >= 0.3 is 0 Å². The largest absolute Gasteiger partial charge is 0.330 e. The summed E-state index contributed by atoms with van der Waals surface area (Å²) in [6.07, 6.45) is 11.0. The van der Waals surface area contributed by atoms with Gasteiger partial charge in [0.15, 0.2) is 0 Å². The maximum absolute atomic E-state index is 5.69. The molecule has 1 fully saturated rings. The van der Waals surface area contributed by atoms with Crippen LogP contribution in [-0.4, -0.2) is 30.6 Å². The molecule has 2 nitrogen and oxygen atoms in total. The highest BCUT2D eigenvalue weighted by Gasteiger charge is 2.21. The first-order valence-electron chi connectivity index (χ1n) is 7.97. The third-order valence-electron chi connectivity index (χ3n) is 4.14. The molecule has 2 heteroatoms. The molecule has 2 N–H and O–H groups in total. The van der Waals surface area contributed by atoms with Gasteiger partial charge in [0, 0.05) is 6.04 Å². The van der Waals surface area contributed by atoms with Gasteiger partial charge in [-0.05, 0) is 50.7 Å². The number of rotatable bonds is 6. The van der Waals surface area contributed by atoms with E-state index in [1.807, 2.05) is 0 Å². The van der Waals surface area contributed by atoms with E-state index < -0.39 is 0 Å². The number of nitrogens with zero attached hydrogens (tertiary/aromatic N) is 1. The van der Waals surface area contributed by atoms with Crippen molar-refractivity contribution in [2.75, 3.05) is 19.6 Å². The van der Waals surface area contributed by atoms with Crippen LogP contribution in [0.1, 0.15) is 72.1 Å². The molecule has 0 aliphatic heterocycles. The second-order valence-electron chi connectivity index (χ2n) is 7.13. The maximum Gasteiger partial charge on any atom is 0.00952 e. The SMILES string of the molecule is CC(C)(C)CCN(CCCN)C1CCCCCC1.